The minimum Gasteiger partial charge on any atom is -0.453 e. The fraction of sp³-hybridized carbons (Fsp3) is 0.405. The Morgan fingerprint density at radius 1 is 0.936 bits per heavy atom. The number of alkyl carbamates (subject to hydrolysis) is 1. The molecular formula is C37H43N7O3. The van der Waals surface area contributed by atoms with Gasteiger partial charge in [-0.3, -0.25) is 9.79 Å². The van der Waals surface area contributed by atoms with E-state index in [9.17, 15) is 9.59 Å². The predicted molar refractivity (Wildman–Crippen MR) is 184 cm³/mol. The topological polar surface area (TPSA) is 124 Å². The van der Waals surface area contributed by atoms with Crippen molar-refractivity contribution in [2.24, 2.45) is 10.9 Å². The first-order valence-electron chi connectivity index (χ1n) is 16.8. The van der Waals surface area contributed by atoms with Crippen LogP contribution in [0.25, 0.3) is 33.2 Å². The van der Waals surface area contributed by atoms with Gasteiger partial charge in [-0.05, 0) is 77.7 Å². The average molecular weight is 634 g/mol. The number of benzene rings is 3. The number of nitrogens with one attached hydrogen (secondary N) is 4. The molecule has 4 atom stereocenters. The van der Waals surface area contributed by atoms with Gasteiger partial charge in [0, 0.05) is 12.1 Å². The Kier molecular flexibility index (Phi) is 8.68. The zero-order chi connectivity index (χ0) is 32.5. The van der Waals surface area contributed by atoms with Crippen molar-refractivity contribution in [3.63, 3.8) is 0 Å². The Balaban J connectivity index is 1.04. The summed E-state index contributed by atoms with van der Waals surface area (Å²) in [6.45, 7) is 6.32. The maximum Gasteiger partial charge on any atom is 0.407 e. The van der Waals surface area contributed by atoms with Crippen molar-refractivity contribution < 1.29 is 14.3 Å². The molecule has 0 spiro atoms. The Labute approximate surface area is 275 Å². The molecule has 2 fully saturated rings. The lowest BCUT2D eigenvalue weighted by Crippen LogP contribution is -2.51. The molecule has 2 saturated heterocycles. The van der Waals surface area contributed by atoms with E-state index in [0.717, 1.165) is 60.7 Å². The van der Waals surface area contributed by atoms with Crippen LogP contribution in [0.3, 0.4) is 0 Å². The summed E-state index contributed by atoms with van der Waals surface area (Å²) in [6, 6.07) is 21.6. The summed E-state index contributed by atoms with van der Waals surface area (Å²) in [7, 11) is 1.30. The van der Waals surface area contributed by atoms with Gasteiger partial charge >= 0.3 is 6.09 Å². The second-order valence-corrected chi connectivity index (χ2v) is 13.2. The maximum atomic E-state index is 13.5. The lowest BCUT2D eigenvalue weighted by Gasteiger charge is -2.30. The van der Waals surface area contributed by atoms with E-state index in [2.05, 4.69) is 81.6 Å². The first-order valence-corrected chi connectivity index (χ1v) is 16.8. The van der Waals surface area contributed by atoms with Crippen molar-refractivity contribution in [2.45, 2.75) is 63.7 Å². The number of aromatic amines is 1. The van der Waals surface area contributed by atoms with Crippen LogP contribution in [0.2, 0.25) is 0 Å². The van der Waals surface area contributed by atoms with Crippen LogP contribution in [0.15, 0.2) is 71.9 Å². The van der Waals surface area contributed by atoms with Crippen molar-refractivity contribution in [1.82, 2.24) is 30.8 Å². The lowest BCUT2D eigenvalue weighted by molar-refractivity contribution is -0.135. The molecule has 3 aromatic carbocycles. The summed E-state index contributed by atoms with van der Waals surface area (Å²) in [5.41, 5.74) is 5.57. The molecule has 1 aromatic heterocycles. The second kappa shape index (κ2) is 13.2. The third kappa shape index (κ3) is 6.34. The van der Waals surface area contributed by atoms with Crippen LogP contribution in [-0.2, 0) is 9.53 Å². The molecule has 244 valence electrons. The van der Waals surface area contributed by atoms with Crippen molar-refractivity contribution in [3.05, 3.63) is 78.2 Å². The molecule has 0 bridgehead atoms. The predicted octanol–water partition coefficient (Wildman–Crippen LogP) is 5.74. The highest BCUT2D eigenvalue weighted by molar-refractivity contribution is 5.91. The van der Waals surface area contributed by atoms with Gasteiger partial charge in [0.05, 0.1) is 43.7 Å². The fourth-order valence-electron chi connectivity index (χ4n) is 7.12. The fourth-order valence-corrected chi connectivity index (χ4v) is 7.12. The number of aliphatic imine (C=N–C) groups is 1. The summed E-state index contributed by atoms with van der Waals surface area (Å²) in [6.07, 6.45) is 5.30. The maximum absolute atomic E-state index is 13.5. The number of rotatable bonds is 8. The zero-order valence-corrected chi connectivity index (χ0v) is 27.3. The third-order valence-corrected chi connectivity index (χ3v) is 9.79. The number of nitrogens with zero attached hydrogens (tertiary/aromatic N) is 3. The molecule has 0 aliphatic carbocycles. The quantitative estimate of drug-likeness (QED) is 0.196. The van der Waals surface area contributed by atoms with Gasteiger partial charge in [0.2, 0.25) is 5.91 Å². The summed E-state index contributed by atoms with van der Waals surface area (Å²) >= 11 is 0. The highest BCUT2D eigenvalue weighted by Gasteiger charge is 2.37. The number of aromatic nitrogens is 2. The minimum atomic E-state index is -0.660. The van der Waals surface area contributed by atoms with E-state index >= 15 is 0 Å². The van der Waals surface area contributed by atoms with Gasteiger partial charge in [-0.15, -0.1) is 0 Å². The van der Waals surface area contributed by atoms with Crippen molar-refractivity contribution in [3.8, 4) is 22.4 Å². The molecular weight excluding hydrogens is 590 g/mol. The van der Waals surface area contributed by atoms with Gasteiger partial charge in [-0.25, -0.2) is 9.78 Å². The molecule has 10 heteroatoms. The summed E-state index contributed by atoms with van der Waals surface area (Å²) in [5, 5.41) is 12.2. The number of likely N-dealkylation sites (tertiary alicyclic amines) is 1. The average Bonchev–Trinajstić information content (AvgIpc) is 3.93. The number of fused-ring (bicyclic) bond motifs is 1. The number of amides is 2. The number of imidazole rings is 1. The number of ether oxygens (including phenoxy) is 1. The molecule has 3 aliphatic heterocycles. The van der Waals surface area contributed by atoms with E-state index in [1.165, 1.54) is 35.6 Å². The van der Waals surface area contributed by atoms with Crippen molar-refractivity contribution in [2.75, 3.05) is 26.7 Å². The van der Waals surface area contributed by atoms with E-state index < -0.39 is 12.1 Å². The first kappa shape index (κ1) is 30.9. The number of carbonyl (C=O) groups is 2. The molecule has 4 N–H and O–H groups in total. The van der Waals surface area contributed by atoms with Crippen LogP contribution in [0.5, 0.6) is 0 Å². The van der Waals surface area contributed by atoms with E-state index in [-0.39, 0.29) is 23.9 Å². The molecule has 47 heavy (non-hydrogen) atoms. The molecule has 2 amide bonds. The molecule has 0 radical (unpaired) electrons. The minimum absolute atomic E-state index is 0.0794. The van der Waals surface area contributed by atoms with Crippen LogP contribution < -0.4 is 16.0 Å². The summed E-state index contributed by atoms with van der Waals surface area (Å²) in [5.74, 6) is 1.68. The first-order chi connectivity index (χ1) is 22.9. The van der Waals surface area contributed by atoms with Crippen LogP contribution in [0, 0.1) is 5.92 Å². The number of methoxy groups -OCH3 is 1. The van der Waals surface area contributed by atoms with Crippen molar-refractivity contribution >= 4 is 28.6 Å². The van der Waals surface area contributed by atoms with Crippen LogP contribution in [0.1, 0.15) is 63.0 Å². The Hall–Kier alpha value is -4.70. The molecule has 3 aliphatic rings. The Bertz CT molecular complexity index is 1790. The number of H-pyrrole nitrogens is 1. The number of hydrogen-bond donors (Lipinski definition) is 4. The molecule has 10 nitrogen and oxygen atoms in total. The van der Waals surface area contributed by atoms with Crippen molar-refractivity contribution in [1.29, 1.82) is 0 Å². The highest BCUT2D eigenvalue weighted by Crippen LogP contribution is 2.34. The van der Waals surface area contributed by atoms with E-state index in [1.54, 1.807) is 0 Å². The Morgan fingerprint density at radius 2 is 1.68 bits per heavy atom. The van der Waals surface area contributed by atoms with Gasteiger partial charge in [0.1, 0.15) is 17.7 Å². The Morgan fingerprint density at radius 3 is 2.40 bits per heavy atom. The molecule has 4 heterocycles. The summed E-state index contributed by atoms with van der Waals surface area (Å²) < 4.78 is 4.76. The summed E-state index contributed by atoms with van der Waals surface area (Å²) in [4.78, 5) is 40.2. The van der Waals surface area contributed by atoms with E-state index in [0.29, 0.717) is 12.6 Å². The molecule has 1 unspecified atom stereocenters. The normalized spacial score (nSPS) is 21.6. The van der Waals surface area contributed by atoms with Gasteiger partial charge < -0.3 is 30.6 Å². The van der Waals surface area contributed by atoms with Gasteiger partial charge in [0.15, 0.2) is 0 Å². The smallest absolute Gasteiger partial charge is 0.407 e. The van der Waals surface area contributed by atoms with Crippen LogP contribution >= 0.6 is 0 Å². The van der Waals surface area contributed by atoms with E-state index in [1.807, 2.05) is 24.9 Å². The third-order valence-electron chi connectivity index (χ3n) is 9.79. The van der Waals surface area contributed by atoms with Crippen LogP contribution in [-0.4, -0.2) is 71.5 Å². The largest absolute Gasteiger partial charge is 0.453 e. The monoisotopic (exact) mass is 633 g/mol. The van der Waals surface area contributed by atoms with E-state index in [4.69, 9.17) is 14.7 Å². The SMILES string of the molecule is COC(=O)N[C@H](C(=O)N1CCC[C@H]1c1ncc(-c2ccc3cc(-c4ccc(C5CN=C([C@@H]6CCCN6)N5)cc4)ccc3c2)[nH]1)C(C)C. The standard InChI is InChI=1S/C37H43N7O3/c1-22(2)33(43-37(46)47-3)36(45)44-17-5-7-32(44)35-40-21-31(42-35)28-15-14-26-18-25(12-13-27(26)19-28)23-8-10-24(11-9-23)30-20-39-34(41-30)29-6-4-16-38-29/h8-15,18-19,21-22,29-30,32-33,38H,4-7,16-17,20H2,1-3H3,(H,39,41)(H,40,42)(H,43,46)/t29-,30?,32-,33-/m0/s1. The molecule has 7 rings (SSSR count). The van der Waals surface area contributed by atoms with Crippen LogP contribution in [0.4, 0.5) is 4.79 Å². The highest BCUT2D eigenvalue weighted by atomic mass is 16.5. The second-order valence-electron chi connectivity index (χ2n) is 13.2. The zero-order valence-electron chi connectivity index (χ0n) is 27.3. The van der Waals surface area contributed by atoms with Gasteiger partial charge in [-0.2, -0.15) is 0 Å². The van der Waals surface area contributed by atoms with Gasteiger partial charge in [-0.1, -0.05) is 62.4 Å². The van der Waals surface area contributed by atoms with Gasteiger partial charge in [0.25, 0.3) is 0 Å². The number of amidine groups is 1. The molecule has 0 saturated carbocycles. The molecule has 4 aromatic rings. The number of hydrogen-bond acceptors (Lipinski definition) is 7. The number of carbonyl (C=O) groups excluding carboxylic acids is 2. The lowest BCUT2D eigenvalue weighted by atomic mass is 9.97.